The molecule has 2 nitrogen and oxygen atoms in total. The third kappa shape index (κ3) is 1.86. The molecule has 0 heterocycles. The first-order valence-corrected chi connectivity index (χ1v) is 5.60. The highest BCUT2D eigenvalue weighted by Gasteiger charge is 2.05. The van der Waals surface area contributed by atoms with Crippen molar-refractivity contribution in [3.8, 4) is 0 Å². The third-order valence-corrected chi connectivity index (χ3v) is 2.72. The van der Waals surface area contributed by atoms with E-state index >= 15 is 0 Å². The second kappa shape index (κ2) is 4.49. The van der Waals surface area contributed by atoms with Gasteiger partial charge >= 0.3 is 0 Å². The van der Waals surface area contributed by atoms with E-state index in [1.54, 1.807) is 0 Å². The number of nitrogens with one attached hydrogen (secondary N) is 1. The van der Waals surface area contributed by atoms with Crippen molar-refractivity contribution in [2.45, 2.75) is 0 Å². The van der Waals surface area contributed by atoms with Crippen LogP contribution in [0.5, 0.6) is 0 Å². The average Bonchev–Trinajstić information content (AvgIpc) is 2.29. The van der Waals surface area contributed by atoms with Crippen molar-refractivity contribution in [3.63, 3.8) is 0 Å². The molecule has 0 saturated heterocycles. The maximum atomic E-state index is 4.83. The first-order chi connectivity index (χ1) is 7.74. The summed E-state index contributed by atoms with van der Waals surface area (Å²) >= 11 is 4.83. The molecule has 0 saturated carbocycles. The van der Waals surface area contributed by atoms with Crippen molar-refractivity contribution in [2.75, 3.05) is 24.3 Å². The number of rotatable bonds is 3. The summed E-state index contributed by atoms with van der Waals surface area (Å²) in [5, 5.41) is 5.51. The molecule has 0 aliphatic heterocycles. The number of anilines is 2. The average molecular weight is 230 g/mol. The standard InChI is InChI=1S/C13H14N2S/c1-15(2)13-8-7-12(14-9-16)10-5-3-4-6-11(10)13/h3-9H,1-2H3,(H,14,16). The molecule has 0 spiro atoms. The molecular formula is C13H14N2S. The minimum Gasteiger partial charge on any atom is -0.377 e. The van der Waals surface area contributed by atoms with Crippen LogP contribution in [-0.2, 0) is 0 Å². The van der Waals surface area contributed by atoms with E-state index in [0.717, 1.165) is 5.69 Å². The predicted molar refractivity (Wildman–Crippen MR) is 75.6 cm³/mol. The smallest absolute Gasteiger partial charge is 0.0659 e. The Morgan fingerprint density at radius 1 is 1.06 bits per heavy atom. The Hall–Kier alpha value is -1.61. The van der Waals surface area contributed by atoms with Crippen molar-refractivity contribution < 1.29 is 0 Å². The second-order valence-electron chi connectivity index (χ2n) is 3.83. The van der Waals surface area contributed by atoms with E-state index in [1.165, 1.54) is 22.0 Å². The van der Waals surface area contributed by atoms with Crippen LogP contribution in [0.2, 0.25) is 0 Å². The molecule has 0 atom stereocenters. The highest BCUT2D eigenvalue weighted by atomic mass is 32.1. The maximum Gasteiger partial charge on any atom is 0.0659 e. The number of fused-ring (bicyclic) bond motifs is 1. The van der Waals surface area contributed by atoms with Crippen molar-refractivity contribution in [2.24, 2.45) is 0 Å². The number of hydrogen-bond donors (Lipinski definition) is 1. The molecule has 0 unspecified atom stereocenters. The molecular weight excluding hydrogens is 216 g/mol. The third-order valence-electron chi connectivity index (χ3n) is 2.60. The summed E-state index contributed by atoms with van der Waals surface area (Å²) < 4.78 is 0. The zero-order chi connectivity index (χ0) is 11.5. The fourth-order valence-corrected chi connectivity index (χ4v) is 1.99. The van der Waals surface area contributed by atoms with Gasteiger partial charge in [-0.2, -0.15) is 0 Å². The van der Waals surface area contributed by atoms with Crippen LogP contribution in [0, 0.1) is 0 Å². The maximum absolute atomic E-state index is 4.83. The lowest BCUT2D eigenvalue weighted by molar-refractivity contribution is 1.14. The molecule has 16 heavy (non-hydrogen) atoms. The van der Waals surface area contributed by atoms with E-state index < -0.39 is 0 Å². The Morgan fingerprint density at radius 3 is 2.38 bits per heavy atom. The Kier molecular flexibility index (Phi) is 3.06. The van der Waals surface area contributed by atoms with Crippen LogP contribution >= 0.6 is 12.2 Å². The van der Waals surface area contributed by atoms with E-state index in [0.29, 0.717) is 0 Å². The SMILES string of the molecule is CN(C)c1ccc(NC=S)c2ccccc12. The van der Waals surface area contributed by atoms with Gasteiger partial charge in [0.1, 0.15) is 0 Å². The van der Waals surface area contributed by atoms with Crippen LogP contribution in [0.15, 0.2) is 36.4 Å². The molecule has 3 heteroatoms. The summed E-state index contributed by atoms with van der Waals surface area (Å²) in [5.41, 5.74) is 3.80. The van der Waals surface area contributed by atoms with Crippen LogP contribution in [0.25, 0.3) is 10.8 Å². The number of benzene rings is 2. The van der Waals surface area contributed by atoms with E-state index in [2.05, 4.69) is 40.5 Å². The molecule has 0 bridgehead atoms. The van der Waals surface area contributed by atoms with Gasteiger partial charge < -0.3 is 10.2 Å². The highest BCUT2D eigenvalue weighted by Crippen LogP contribution is 2.30. The first kappa shape index (κ1) is 10.9. The van der Waals surface area contributed by atoms with E-state index in [1.807, 2.05) is 20.2 Å². The van der Waals surface area contributed by atoms with Gasteiger partial charge in [-0.3, -0.25) is 0 Å². The summed E-state index contributed by atoms with van der Waals surface area (Å²) in [5.74, 6) is 0. The van der Waals surface area contributed by atoms with Crippen LogP contribution in [0.4, 0.5) is 11.4 Å². The van der Waals surface area contributed by atoms with Gasteiger partial charge in [-0.15, -0.1) is 0 Å². The fourth-order valence-electron chi connectivity index (χ4n) is 1.86. The Labute approximate surface area is 101 Å². The zero-order valence-corrected chi connectivity index (χ0v) is 10.2. The van der Waals surface area contributed by atoms with Crippen molar-refractivity contribution >= 4 is 39.9 Å². The monoisotopic (exact) mass is 230 g/mol. The lowest BCUT2D eigenvalue weighted by Crippen LogP contribution is -2.09. The molecule has 0 fully saturated rings. The molecule has 2 aromatic rings. The van der Waals surface area contributed by atoms with Crippen molar-refractivity contribution in [1.29, 1.82) is 0 Å². The van der Waals surface area contributed by atoms with Gasteiger partial charge in [-0.1, -0.05) is 36.5 Å². The van der Waals surface area contributed by atoms with E-state index in [4.69, 9.17) is 12.2 Å². The topological polar surface area (TPSA) is 15.3 Å². The molecule has 0 aliphatic carbocycles. The highest BCUT2D eigenvalue weighted by molar-refractivity contribution is 7.79. The largest absolute Gasteiger partial charge is 0.377 e. The Morgan fingerprint density at radius 2 is 1.75 bits per heavy atom. The quantitative estimate of drug-likeness (QED) is 0.815. The van der Waals surface area contributed by atoms with E-state index in [9.17, 15) is 0 Å². The molecule has 0 amide bonds. The molecule has 82 valence electrons. The summed E-state index contributed by atoms with van der Waals surface area (Å²) in [6.45, 7) is 0. The summed E-state index contributed by atoms with van der Waals surface area (Å²) in [7, 11) is 4.10. The van der Waals surface area contributed by atoms with Gasteiger partial charge in [0.15, 0.2) is 0 Å². The molecule has 0 aromatic heterocycles. The zero-order valence-electron chi connectivity index (χ0n) is 9.40. The van der Waals surface area contributed by atoms with Gasteiger partial charge in [0.2, 0.25) is 0 Å². The molecule has 2 aromatic carbocycles. The lowest BCUT2D eigenvalue weighted by atomic mass is 10.1. The van der Waals surface area contributed by atoms with Crippen LogP contribution in [0.3, 0.4) is 0 Å². The Balaban J connectivity index is 2.71. The fraction of sp³-hybridized carbons (Fsp3) is 0.154. The molecule has 2 rings (SSSR count). The summed E-state index contributed by atoms with van der Waals surface area (Å²) in [4.78, 5) is 2.11. The van der Waals surface area contributed by atoms with Gasteiger partial charge in [-0.05, 0) is 12.1 Å². The van der Waals surface area contributed by atoms with Gasteiger partial charge in [0.05, 0.1) is 5.49 Å². The molecule has 0 aliphatic rings. The first-order valence-electron chi connectivity index (χ1n) is 5.13. The number of nitrogens with zero attached hydrogens (tertiary/aromatic N) is 1. The van der Waals surface area contributed by atoms with Crippen LogP contribution < -0.4 is 10.2 Å². The Bertz CT molecular complexity index is 520. The van der Waals surface area contributed by atoms with Gasteiger partial charge in [-0.25, -0.2) is 0 Å². The second-order valence-corrected chi connectivity index (χ2v) is 4.07. The van der Waals surface area contributed by atoms with Gasteiger partial charge in [0, 0.05) is 36.2 Å². The minimum absolute atomic E-state index is 1.05. The molecule has 1 N–H and O–H groups in total. The number of hydrogen-bond acceptors (Lipinski definition) is 2. The minimum atomic E-state index is 1.05. The van der Waals surface area contributed by atoms with Crippen molar-refractivity contribution in [1.82, 2.24) is 0 Å². The van der Waals surface area contributed by atoms with Crippen LogP contribution in [-0.4, -0.2) is 19.6 Å². The predicted octanol–water partition coefficient (Wildman–Crippen LogP) is 3.27. The summed E-state index contributed by atoms with van der Waals surface area (Å²) in [6, 6.07) is 12.5. The van der Waals surface area contributed by atoms with Crippen molar-refractivity contribution in [3.05, 3.63) is 36.4 Å². The normalized spacial score (nSPS) is 10.1. The summed E-state index contributed by atoms with van der Waals surface area (Å²) in [6.07, 6.45) is 0. The van der Waals surface area contributed by atoms with Gasteiger partial charge in [0.25, 0.3) is 0 Å². The lowest BCUT2D eigenvalue weighted by Gasteiger charge is -2.17. The number of thiocarbonyl (C=S) groups is 1. The molecule has 0 radical (unpaired) electrons. The van der Waals surface area contributed by atoms with Crippen LogP contribution in [0.1, 0.15) is 0 Å². The van der Waals surface area contributed by atoms with E-state index in [-0.39, 0.29) is 0 Å².